The van der Waals surface area contributed by atoms with Gasteiger partial charge in [0.1, 0.15) is 5.69 Å². The lowest BCUT2D eigenvalue weighted by Gasteiger charge is -2.09. The zero-order valence-electron chi connectivity index (χ0n) is 13.9. The van der Waals surface area contributed by atoms with Gasteiger partial charge < -0.3 is 9.84 Å². The molecule has 3 rings (SSSR count). The van der Waals surface area contributed by atoms with Crippen LogP contribution in [0.15, 0.2) is 77.5 Å². The highest BCUT2D eigenvalue weighted by molar-refractivity contribution is 5.98. The van der Waals surface area contributed by atoms with Crippen LogP contribution in [0, 0.1) is 10.1 Å². The van der Waals surface area contributed by atoms with Gasteiger partial charge >= 0.3 is 5.97 Å². The van der Waals surface area contributed by atoms with Crippen LogP contribution in [0.3, 0.4) is 0 Å². The summed E-state index contributed by atoms with van der Waals surface area (Å²) in [5.41, 5.74) is -0.170. The highest BCUT2D eigenvalue weighted by atomic mass is 16.6. The summed E-state index contributed by atoms with van der Waals surface area (Å²) in [5.74, 6) is -1.27. The van der Waals surface area contributed by atoms with E-state index in [1.54, 1.807) is 30.3 Å². The quantitative estimate of drug-likeness (QED) is 0.172. The van der Waals surface area contributed by atoms with Crippen LogP contribution in [0.4, 0.5) is 17.1 Å². The Balaban J connectivity index is 2.15. The Hall–Kier alpha value is -4.07. The number of aromatic hydroxyl groups is 1. The summed E-state index contributed by atoms with van der Waals surface area (Å²) in [5, 5.41) is 30.7. The SMILES string of the molecule is C=CC(=O)Oc1cc2ccccc2c(N=Nc2ccccc2[N+](=O)[O-])c1O. The molecule has 0 atom stereocenters. The Morgan fingerprint density at radius 2 is 1.85 bits per heavy atom. The molecule has 0 saturated heterocycles. The highest BCUT2D eigenvalue weighted by Gasteiger charge is 2.17. The number of benzene rings is 3. The molecule has 0 spiro atoms. The topological polar surface area (TPSA) is 114 Å². The average Bonchev–Trinajstić information content (AvgIpc) is 2.68. The minimum atomic E-state index is -0.748. The Labute approximate surface area is 153 Å². The average molecular weight is 363 g/mol. The summed E-state index contributed by atoms with van der Waals surface area (Å²) in [7, 11) is 0. The molecule has 0 aliphatic heterocycles. The molecule has 3 aromatic carbocycles. The van der Waals surface area contributed by atoms with E-state index in [4.69, 9.17) is 4.74 Å². The second-order valence-corrected chi connectivity index (χ2v) is 5.36. The van der Waals surface area contributed by atoms with E-state index >= 15 is 0 Å². The van der Waals surface area contributed by atoms with E-state index in [0.717, 1.165) is 6.08 Å². The van der Waals surface area contributed by atoms with Crippen molar-refractivity contribution in [3.05, 3.63) is 77.4 Å². The minimum Gasteiger partial charge on any atom is -0.503 e. The molecule has 0 fully saturated rings. The van der Waals surface area contributed by atoms with Gasteiger partial charge in [-0.25, -0.2) is 4.79 Å². The summed E-state index contributed by atoms with van der Waals surface area (Å²) in [4.78, 5) is 22.0. The van der Waals surface area contributed by atoms with Crippen LogP contribution >= 0.6 is 0 Å². The van der Waals surface area contributed by atoms with Gasteiger partial charge in [0.15, 0.2) is 17.2 Å². The maximum atomic E-state index is 11.5. The highest BCUT2D eigenvalue weighted by Crippen LogP contribution is 2.44. The number of azo groups is 1. The molecule has 27 heavy (non-hydrogen) atoms. The molecule has 0 radical (unpaired) electrons. The fourth-order valence-electron chi connectivity index (χ4n) is 2.43. The molecule has 0 aliphatic rings. The number of nitro groups is 1. The summed E-state index contributed by atoms with van der Waals surface area (Å²) < 4.78 is 5.04. The molecule has 0 aromatic heterocycles. The van der Waals surface area contributed by atoms with Crippen molar-refractivity contribution in [3.8, 4) is 11.5 Å². The number of phenols is 1. The second kappa shape index (κ2) is 7.44. The predicted molar refractivity (Wildman–Crippen MR) is 98.7 cm³/mol. The smallest absolute Gasteiger partial charge is 0.335 e. The van der Waals surface area contributed by atoms with E-state index in [2.05, 4.69) is 16.8 Å². The van der Waals surface area contributed by atoms with Gasteiger partial charge in [-0.15, -0.1) is 10.2 Å². The number of esters is 1. The number of hydrogen-bond acceptors (Lipinski definition) is 7. The van der Waals surface area contributed by atoms with E-state index in [1.807, 2.05) is 0 Å². The summed E-state index contributed by atoms with van der Waals surface area (Å²) >= 11 is 0. The fraction of sp³-hybridized carbons (Fsp3) is 0. The number of phenolic OH excluding ortho intramolecular Hbond substituents is 1. The number of nitro benzene ring substituents is 1. The van der Waals surface area contributed by atoms with Crippen molar-refractivity contribution < 1.29 is 19.6 Å². The number of rotatable bonds is 5. The van der Waals surface area contributed by atoms with Gasteiger partial charge in [-0.05, 0) is 17.5 Å². The summed E-state index contributed by atoms with van der Waals surface area (Å²) in [6.45, 7) is 3.31. The summed E-state index contributed by atoms with van der Waals surface area (Å²) in [6, 6.07) is 14.3. The van der Waals surface area contributed by atoms with E-state index in [0.29, 0.717) is 10.8 Å². The van der Waals surface area contributed by atoms with Crippen molar-refractivity contribution in [1.29, 1.82) is 0 Å². The Morgan fingerprint density at radius 3 is 2.59 bits per heavy atom. The number of para-hydroxylation sites is 1. The second-order valence-electron chi connectivity index (χ2n) is 5.36. The first-order valence-electron chi connectivity index (χ1n) is 7.75. The Morgan fingerprint density at radius 1 is 1.15 bits per heavy atom. The number of carbonyl (C=O) groups is 1. The third-order valence-corrected chi connectivity index (χ3v) is 3.67. The molecule has 0 aliphatic carbocycles. The van der Waals surface area contributed by atoms with E-state index in [-0.39, 0.29) is 22.8 Å². The van der Waals surface area contributed by atoms with Gasteiger partial charge in [-0.3, -0.25) is 10.1 Å². The summed E-state index contributed by atoms with van der Waals surface area (Å²) in [6.07, 6.45) is 0.961. The van der Waals surface area contributed by atoms with Crippen molar-refractivity contribution in [2.24, 2.45) is 10.2 Å². The molecule has 8 heteroatoms. The largest absolute Gasteiger partial charge is 0.503 e. The Bertz CT molecular complexity index is 1090. The number of carbonyl (C=O) groups excluding carboxylic acids is 1. The molecule has 3 aromatic rings. The zero-order chi connectivity index (χ0) is 19.4. The lowest BCUT2D eigenvalue weighted by Crippen LogP contribution is -2.03. The molecular formula is C19H13N3O5. The van der Waals surface area contributed by atoms with Gasteiger partial charge in [0, 0.05) is 17.5 Å². The number of ether oxygens (including phenoxy) is 1. The van der Waals surface area contributed by atoms with Crippen LogP contribution in [-0.4, -0.2) is 16.0 Å². The monoisotopic (exact) mass is 363 g/mol. The first-order chi connectivity index (χ1) is 13.0. The van der Waals surface area contributed by atoms with Crippen LogP contribution in [0.1, 0.15) is 0 Å². The first kappa shape index (κ1) is 17.7. The van der Waals surface area contributed by atoms with Crippen molar-refractivity contribution >= 4 is 33.8 Å². The minimum absolute atomic E-state index is 0.0260. The number of nitrogens with zero attached hydrogens (tertiary/aromatic N) is 3. The van der Waals surface area contributed by atoms with Gasteiger partial charge in [-0.1, -0.05) is 43.0 Å². The molecule has 8 nitrogen and oxygen atoms in total. The van der Waals surface area contributed by atoms with Crippen molar-refractivity contribution in [2.45, 2.75) is 0 Å². The molecule has 0 bridgehead atoms. The molecule has 134 valence electrons. The van der Waals surface area contributed by atoms with E-state index in [9.17, 15) is 20.0 Å². The van der Waals surface area contributed by atoms with Gasteiger partial charge in [0.05, 0.1) is 4.92 Å². The first-order valence-corrected chi connectivity index (χ1v) is 7.75. The fourth-order valence-corrected chi connectivity index (χ4v) is 2.43. The van der Waals surface area contributed by atoms with Gasteiger partial charge in [-0.2, -0.15) is 0 Å². The molecule has 0 saturated carbocycles. The number of fused-ring (bicyclic) bond motifs is 1. The predicted octanol–water partition coefficient (Wildman–Crippen LogP) is 4.96. The van der Waals surface area contributed by atoms with Crippen LogP contribution in [0.2, 0.25) is 0 Å². The van der Waals surface area contributed by atoms with Crippen LogP contribution in [-0.2, 0) is 4.79 Å². The maximum absolute atomic E-state index is 11.5. The lowest BCUT2D eigenvalue weighted by atomic mass is 10.1. The third kappa shape index (κ3) is 3.64. The van der Waals surface area contributed by atoms with Crippen LogP contribution < -0.4 is 4.74 Å². The number of hydrogen-bond donors (Lipinski definition) is 1. The maximum Gasteiger partial charge on any atom is 0.335 e. The molecule has 0 heterocycles. The normalized spacial score (nSPS) is 10.8. The van der Waals surface area contributed by atoms with E-state index in [1.165, 1.54) is 24.3 Å². The molecule has 0 unspecified atom stereocenters. The third-order valence-electron chi connectivity index (χ3n) is 3.67. The van der Waals surface area contributed by atoms with Crippen LogP contribution in [0.5, 0.6) is 11.5 Å². The van der Waals surface area contributed by atoms with Crippen molar-refractivity contribution in [3.63, 3.8) is 0 Å². The Kier molecular flexibility index (Phi) is 4.89. The molecule has 0 amide bonds. The zero-order valence-corrected chi connectivity index (χ0v) is 13.9. The van der Waals surface area contributed by atoms with E-state index < -0.39 is 16.6 Å². The lowest BCUT2D eigenvalue weighted by molar-refractivity contribution is -0.384. The molecular weight excluding hydrogens is 350 g/mol. The van der Waals surface area contributed by atoms with Crippen molar-refractivity contribution in [2.75, 3.05) is 0 Å². The molecule has 1 N–H and O–H groups in total. The van der Waals surface area contributed by atoms with Gasteiger partial charge in [0.25, 0.3) is 5.69 Å². The standard InChI is InChI=1S/C19H13N3O5/c1-2-17(23)27-16-11-12-7-3-4-8-13(12)18(19(16)24)21-20-14-9-5-6-10-15(14)22(25)26/h2-11,24H,1H2. The van der Waals surface area contributed by atoms with Crippen LogP contribution in [0.25, 0.3) is 10.8 Å². The van der Waals surface area contributed by atoms with Crippen molar-refractivity contribution in [1.82, 2.24) is 0 Å². The van der Waals surface area contributed by atoms with Gasteiger partial charge in [0.2, 0.25) is 0 Å².